The molecule has 6 aromatic carbocycles. The van der Waals surface area contributed by atoms with E-state index in [0.717, 1.165) is 44.1 Å². The zero-order valence-electron chi connectivity index (χ0n) is 22.5. The molecule has 0 aliphatic heterocycles. The van der Waals surface area contributed by atoms with Gasteiger partial charge in [-0.15, -0.1) is 0 Å². The third kappa shape index (κ3) is 3.33. The summed E-state index contributed by atoms with van der Waals surface area (Å²) in [7, 11) is 0. The van der Waals surface area contributed by atoms with Crippen LogP contribution in [0.15, 0.2) is 133 Å². The van der Waals surface area contributed by atoms with Crippen LogP contribution in [0.3, 0.4) is 0 Å². The van der Waals surface area contributed by atoms with Gasteiger partial charge in [-0.1, -0.05) is 84.9 Å². The first-order valence-corrected chi connectivity index (χ1v) is 13.8. The molecule has 2 heterocycles. The van der Waals surface area contributed by atoms with Gasteiger partial charge >= 0.3 is 0 Å². The molecule has 0 amide bonds. The third-order valence-corrected chi connectivity index (χ3v) is 8.20. The van der Waals surface area contributed by atoms with E-state index in [1.807, 2.05) is 18.2 Å². The van der Waals surface area contributed by atoms with Crippen molar-refractivity contribution in [2.45, 2.75) is 0 Å². The molecule has 0 unspecified atom stereocenters. The van der Waals surface area contributed by atoms with Crippen LogP contribution in [-0.2, 0) is 0 Å². The molecular formula is C38H22N4. The molecule has 194 valence electrons. The highest BCUT2D eigenvalue weighted by molar-refractivity contribution is 6.17. The number of nitrogens with zero attached hydrogens (tertiary/aromatic N) is 4. The van der Waals surface area contributed by atoms with Crippen LogP contribution >= 0.6 is 0 Å². The first-order chi connectivity index (χ1) is 20.8. The van der Waals surface area contributed by atoms with E-state index < -0.39 is 0 Å². The van der Waals surface area contributed by atoms with Gasteiger partial charge in [0, 0.05) is 27.2 Å². The summed E-state index contributed by atoms with van der Waals surface area (Å²) in [5, 5.41) is 24.6. The van der Waals surface area contributed by atoms with E-state index >= 15 is 0 Å². The molecule has 4 heteroatoms. The van der Waals surface area contributed by atoms with Crippen molar-refractivity contribution in [3.8, 4) is 34.6 Å². The van der Waals surface area contributed by atoms with Gasteiger partial charge in [-0.3, -0.25) is 0 Å². The van der Waals surface area contributed by atoms with Gasteiger partial charge in [0.1, 0.15) is 12.1 Å². The van der Waals surface area contributed by atoms with Crippen molar-refractivity contribution in [1.29, 1.82) is 10.5 Å². The zero-order valence-corrected chi connectivity index (χ0v) is 22.5. The largest absolute Gasteiger partial charge is 0.309 e. The number of nitriles is 2. The topological polar surface area (TPSA) is 57.4 Å². The minimum atomic E-state index is 0.468. The lowest BCUT2D eigenvalue weighted by Crippen LogP contribution is -2.01. The predicted molar refractivity (Wildman–Crippen MR) is 170 cm³/mol. The van der Waals surface area contributed by atoms with Crippen LogP contribution in [0.5, 0.6) is 0 Å². The molecule has 0 fully saturated rings. The summed E-state index contributed by atoms with van der Waals surface area (Å²) in [5.41, 5.74) is 9.10. The van der Waals surface area contributed by atoms with E-state index in [2.05, 4.69) is 118 Å². The summed E-state index contributed by atoms with van der Waals surface area (Å²) in [5.74, 6) is 0. The molecular weight excluding hydrogens is 512 g/mol. The molecule has 0 radical (unpaired) electrons. The zero-order chi connectivity index (χ0) is 28.2. The summed E-state index contributed by atoms with van der Waals surface area (Å²) in [6.45, 7) is 0. The average Bonchev–Trinajstić information content (AvgIpc) is 3.57. The van der Waals surface area contributed by atoms with Gasteiger partial charge in [0.2, 0.25) is 0 Å². The van der Waals surface area contributed by atoms with E-state index in [1.165, 1.54) is 16.3 Å². The van der Waals surface area contributed by atoms with Gasteiger partial charge in [-0.05, 0) is 59.7 Å². The van der Waals surface area contributed by atoms with Gasteiger partial charge < -0.3 is 9.13 Å². The minimum absolute atomic E-state index is 0.468. The second-order valence-corrected chi connectivity index (χ2v) is 10.4. The monoisotopic (exact) mass is 534 g/mol. The highest BCUT2D eigenvalue weighted by Gasteiger charge is 2.21. The molecule has 0 atom stereocenters. The lowest BCUT2D eigenvalue weighted by atomic mass is 9.98. The molecule has 4 nitrogen and oxygen atoms in total. The summed E-state index contributed by atoms with van der Waals surface area (Å²) in [6.07, 6.45) is 0. The van der Waals surface area contributed by atoms with Gasteiger partial charge in [0.05, 0.1) is 38.9 Å². The van der Waals surface area contributed by atoms with Crippen LogP contribution in [0, 0.1) is 22.7 Å². The Morgan fingerprint density at radius 1 is 0.452 bits per heavy atom. The first kappa shape index (κ1) is 23.8. The first-order valence-electron chi connectivity index (χ1n) is 13.8. The Morgan fingerprint density at radius 3 is 1.79 bits per heavy atom. The van der Waals surface area contributed by atoms with Crippen LogP contribution in [0.4, 0.5) is 0 Å². The smallest absolute Gasteiger partial charge is 0.101 e. The quantitative estimate of drug-likeness (QED) is 0.227. The minimum Gasteiger partial charge on any atom is -0.309 e. The van der Waals surface area contributed by atoms with E-state index in [-0.39, 0.29) is 0 Å². The maximum atomic E-state index is 10.0. The van der Waals surface area contributed by atoms with E-state index in [1.54, 1.807) is 18.2 Å². The highest BCUT2D eigenvalue weighted by Crippen LogP contribution is 2.41. The number of rotatable bonds is 3. The third-order valence-electron chi connectivity index (χ3n) is 8.20. The molecule has 8 aromatic rings. The Hall–Kier alpha value is -6.10. The summed E-state index contributed by atoms with van der Waals surface area (Å²) in [6, 6.07) is 50.2. The molecule has 0 N–H and O–H groups in total. The normalized spacial score (nSPS) is 11.3. The molecule has 42 heavy (non-hydrogen) atoms. The average molecular weight is 535 g/mol. The SMILES string of the molecule is N#Cc1cccc(C#N)c1-n1c2ccccc2c2c(-c3ccc4c5ccccc5n(-c5ccccc5)c4c3)cccc21. The molecule has 0 saturated carbocycles. The van der Waals surface area contributed by atoms with Gasteiger partial charge in [-0.25, -0.2) is 0 Å². The standard InChI is InChI=1S/C38H22N4/c39-23-26-10-8-11-27(24-40)38(26)42-34-18-7-5-15-32(34)37-29(16-9-19-35(37)42)25-20-21-31-30-14-4-6-17-33(30)41(36(31)22-25)28-12-2-1-3-13-28/h1-22H. The molecule has 0 aliphatic carbocycles. The second-order valence-electron chi connectivity index (χ2n) is 10.4. The number of hydrogen-bond acceptors (Lipinski definition) is 2. The van der Waals surface area contributed by atoms with Crippen LogP contribution in [0.2, 0.25) is 0 Å². The van der Waals surface area contributed by atoms with Crippen molar-refractivity contribution in [2.24, 2.45) is 0 Å². The summed E-state index contributed by atoms with van der Waals surface area (Å²) >= 11 is 0. The Labute approximate surface area is 242 Å². The number of aromatic nitrogens is 2. The Balaban J connectivity index is 1.47. The van der Waals surface area contributed by atoms with Crippen molar-refractivity contribution in [3.63, 3.8) is 0 Å². The predicted octanol–water partition coefficient (Wildman–Crippen LogP) is 9.29. The van der Waals surface area contributed by atoms with Crippen molar-refractivity contribution < 1.29 is 0 Å². The Bertz CT molecular complexity index is 2400. The van der Waals surface area contributed by atoms with Gasteiger partial charge in [0.25, 0.3) is 0 Å². The summed E-state index contributed by atoms with van der Waals surface area (Å²) < 4.78 is 4.41. The van der Waals surface area contributed by atoms with Gasteiger partial charge in [0.15, 0.2) is 0 Å². The molecule has 0 bridgehead atoms. The number of fused-ring (bicyclic) bond motifs is 6. The maximum Gasteiger partial charge on any atom is 0.101 e. The highest BCUT2D eigenvalue weighted by atomic mass is 15.0. The Kier molecular flexibility index (Phi) is 5.22. The van der Waals surface area contributed by atoms with Crippen molar-refractivity contribution >= 4 is 43.6 Å². The second kappa shape index (κ2) is 9.24. The van der Waals surface area contributed by atoms with Crippen molar-refractivity contribution in [3.05, 3.63) is 145 Å². The van der Waals surface area contributed by atoms with Gasteiger partial charge in [-0.2, -0.15) is 10.5 Å². The molecule has 2 aromatic heterocycles. The molecule has 8 rings (SSSR count). The maximum absolute atomic E-state index is 10.0. The fourth-order valence-electron chi connectivity index (χ4n) is 6.46. The number of benzene rings is 6. The van der Waals surface area contributed by atoms with Crippen LogP contribution in [-0.4, -0.2) is 9.13 Å². The van der Waals surface area contributed by atoms with E-state index in [4.69, 9.17) is 0 Å². The van der Waals surface area contributed by atoms with Crippen molar-refractivity contribution in [2.75, 3.05) is 0 Å². The van der Waals surface area contributed by atoms with E-state index in [0.29, 0.717) is 16.8 Å². The Morgan fingerprint density at radius 2 is 1.05 bits per heavy atom. The number of para-hydroxylation sites is 4. The van der Waals surface area contributed by atoms with Crippen LogP contribution < -0.4 is 0 Å². The van der Waals surface area contributed by atoms with Crippen LogP contribution in [0.25, 0.3) is 66.1 Å². The lowest BCUT2D eigenvalue weighted by molar-refractivity contribution is 1.15. The number of hydrogen-bond donors (Lipinski definition) is 0. The van der Waals surface area contributed by atoms with Crippen LogP contribution in [0.1, 0.15) is 11.1 Å². The lowest BCUT2D eigenvalue weighted by Gasteiger charge is -2.12. The van der Waals surface area contributed by atoms with Crippen molar-refractivity contribution in [1.82, 2.24) is 9.13 Å². The molecule has 0 aliphatic rings. The molecule has 0 spiro atoms. The summed E-state index contributed by atoms with van der Waals surface area (Å²) in [4.78, 5) is 0. The fourth-order valence-corrected chi connectivity index (χ4v) is 6.46. The molecule has 0 saturated heterocycles. The fraction of sp³-hybridized carbons (Fsp3) is 0. The van der Waals surface area contributed by atoms with E-state index in [9.17, 15) is 10.5 Å².